The van der Waals surface area contributed by atoms with E-state index in [1.54, 1.807) is 37.2 Å². The molecule has 3 heterocycles. The zero-order valence-electron chi connectivity index (χ0n) is 25.5. The third-order valence-corrected chi connectivity index (χ3v) is 8.23. The lowest BCUT2D eigenvalue weighted by Gasteiger charge is -2.10. The predicted molar refractivity (Wildman–Crippen MR) is 186 cm³/mol. The van der Waals surface area contributed by atoms with Gasteiger partial charge in [0.1, 0.15) is 0 Å². The van der Waals surface area contributed by atoms with E-state index in [4.69, 9.17) is 6.57 Å². The molecule has 6 aromatic rings. The average Bonchev–Trinajstić information content (AvgIpc) is 3.86. The van der Waals surface area contributed by atoms with E-state index in [0.29, 0.717) is 16.8 Å². The maximum atomic E-state index is 9.58. The van der Waals surface area contributed by atoms with Gasteiger partial charge in [-0.05, 0) is 127 Å². The van der Waals surface area contributed by atoms with Crippen molar-refractivity contribution in [1.29, 1.82) is 10.5 Å². The lowest BCUT2D eigenvalue weighted by Crippen LogP contribution is -1.91. The van der Waals surface area contributed by atoms with E-state index in [1.165, 1.54) is 0 Å². The van der Waals surface area contributed by atoms with Crippen LogP contribution in [0.5, 0.6) is 0 Å². The Bertz CT molecular complexity index is 2070. The van der Waals surface area contributed by atoms with E-state index in [9.17, 15) is 10.5 Å². The van der Waals surface area contributed by atoms with E-state index in [-0.39, 0.29) is 0 Å². The molecule has 0 unspecified atom stereocenters. The molecule has 0 saturated heterocycles. The molecule has 0 radical (unpaired) electrons. The van der Waals surface area contributed by atoms with Gasteiger partial charge in [-0.25, -0.2) is 4.85 Å². The fourth-order valence-electron chi connectivity index (χ4n) is 5.98. The Hall–Kier alpha value is -7.20. The summed E-state index contributed by atoms with van der Waals surface area (Å²) >= 11 is 0. The molecule has 48 heavy (non-hydrogen) atoms. The first kappa shape index (κ1) is 29.5. The smallest absolute Gasteiger partial charge is 0.187 e. The number of rotatable bonds is 6. The number of benzene rings is 3. The number of hydrogen-bond acceptors (Lipinski definition) is 5. The first-order valence-corrected chi connectivity index (χ1v) is 15.1. The molecule has 222 valence electrons. The number of pyridine rings is 3. The van der Waals surface area contributed by atoms with Gasteiger partial charge in [-0.1, -0.05) is 48.5 Å². The summed E-state index contributed by atoms with van der Waals surface area (Å²) in [7, 11) is 0. The Morgan fingerprint density at radius 1 is 0.417 bits per heavy atom. The van der Waals surface area contributed by atoms with Crippen LogP contribution in [0, 0.1) is 29.2 Å². The molecule has 1 fully saturated rings. The van der Waals surface area contributed by atoms with Crippen LogP contribution >= 0.6 is 0 Å². The van der Waals surface area contributed by atoms with Crippen molar-refractivity contribution >= 4 is 22.4 Å². The molecule has 0 atom stereocenters. The summed E-state index contributed by atoms with van der Waals surface area (Å²) in [5.41, 5.74) is 13.6. The second-order valence-electron chi connectivity index (χ2n) is 11.0. The van der Waals surface area contributed by atoms with Crippen LogP contribution in [-0.4, -0.2) is 15.0 Å². The zero-order valence-corrected chi connectivity index (χ0v) is 25.5. The van der Waals surface area contributed by atoms with Crippen LogP contribution in [0.4, 0.5) is 5.69 Å². The predicted octanol–water partition coefficient (Wildman–Crippen LogP) is 8.99. The van der Waals surface area contributed by atoms with Crippen molar-refractivity contribution in [2.24, 2.45) is 0 Å². The number of nitrogens with zero attached hydrogens (tertiary/aromatic N) is 6. The minimum atomic E-state index is 0.560. The molecule has 1 saturated carbocycles. The number of nitriles is 2. The average molecular weight is 613 g/mol. The van der Waals surface area contributed by atoms with Gasteiger partial charge in [0.05, 0.1) is 29.8 Å². The first-order valence-electron chi connectivity index (χ1n) is 15.1. The summed E-state index contributed by atoms with van der Waals surface area (Å²) in [5.74, 6) is 0. The number of aromatic nitrogens is 3. The maximum absolute atomic E-state index is 9.58. The van der Waals surface area contributed by atoms with Gasteiger partial charge < -0.3 is 0 Å². The zero-order chi connectivity index (χ0) is 32.9. The van der Waals surface area contributed by atoms with Crippen LogP contribution in [0.15, 0.2) is 163 Å². The van der Waals surface area contributed by atoms with Gasteiger partial charge in [0.15, 0.2) is 5.69 Å². The van der Waals surface area contributed by atoms with Crippen molar-refractivity contribution in [3.05, 3.63) is 219 Å². The molecule has 7 rings (SSSR count). The van der Waals surface area contributed by atoms with Crippen molar-refractivity contribution in [3.8, 4) is 12.1 Å². The fourth-order valence-corrected chi connectivity index (χ4v) is 5.98. The molecule has 3 aromatic carbocycles. The van der Waals surface area contributed by atoms with E-state index in [2.05, 4.69) is 31.9 Å². The second-order valence-corrected chi connectivity index (χ2v) is 11.0. The highest BCUT2D eigenvalue weighted by Gasteiger charge is 2.41. The minimum absolute atomic E-state index is 0.560. The van der Waals surface area contributed by atoms with Gasteiger partial charge in [0.2, 0.25) is 0 Å². The quantitative estimate of drug-likeness (QED) is 0.175. The minimum Gasteiger partial charge on any atom is -0.265 e. The van der Waals surface area contributed by atoms with Gasteiger partial charge >= 0.3 is 0 Å². The van der Waals surface area contributed by atoms with Crippen LogP contribution in [0.1, 0.15) is 44.5 Å². The molecule has 0 aliphatic heterocycles. The van der Waals surface area contributed by atoms with Crippen molar-refractivity contribution in [2.75, 3.05) is 0 Å². The summed E-state index contributed by atoms with van der Waals surface area (Å²) < 4.78 is 0. The highest BCUT2D eigenvalue weighted by atomic mass is 14.6. The van der Waals surface area contributed by atoms with Crippen molar-refractivity contribution in [3.63, 3.8) is 0 Å². The van der Waals surface area contributed by atoms with E-state index in [1.807, 2.05) is 109 Å². The highest BCUT2D eigenvalue weighted by Crippen LogP contribution is 2.59. The Morgan fingerprint density at radius 3 is 0.958 bits per heavy atom. The standard InChI is InChI=1S/C42H24N6/c1-45-36-12-10-32(11-13-36)39(35-18-24-48-25-19-35)42-40(37(33-14-20-46-21-15-33)30-6-2-28(26-43)3-7-30)41(42)38(34-16-22-47-23-17-34)31-8-4-29(27-44)5-9-31/h2-25H/b40-37-,41-38+,42-39?. The molecule has 1 aliphatic rings. The third kappa shape index (κ3) is 5.68. The van der Waals surface area contributed by atoms with Crippen molar-refractivity contribution in [2.45, 2.75) is 0 Å². The molecule has 6 nitrogen and oxygen atoms in total. The Morgan fingerprint density at radius 2 is 0.688 bits per heavy atom. The molecule has 0 spiro atoms. The van der Waals surface area contributed by atoms with Crippen LogP contribution < -0.4 is 0 Å². The first-order chi connectivity index (χ1) is 23.7. The highest BCUT2D eigenvalue weighted by molar-refractivity contribution is 6.13. The Labute approximate surface area is 278 Å². The maximum Gasteiger partial charge on any atom is 0.187 e. The molecule has 3 aromatic heterocycles. The molecule has 0 amide bonds. The van der Waals surface area contributed by atoms with Gasteiger partial charge in [-0.15, -0.1) is 0 Å². The number of hydrogen-bond donors (Lipinski definition) is 0. The monoisotopic (exact) mass is 612 g/mol. The molecular formula is C42H24N6. The molecule has 0 N–H and O–H groups in total. The SMILES string of the molecule is [C-]#[N+]c1ccc(C(=C2C(=C(\c3ccncc3)c3ccc(C#N)cc3)/C2=C(\c2ccncc2)c2ccc(C#N)cc2)c2ccncc2)cc1. The van der Waals surface area contributed by atoms with Crippen LogP contribution in [0.2, 0.25) is 0 Å². The van der Waals surface area contributed by atoms with Gasteiger partial charge in [0.25, 0.3) is 0 Å². The van der Waals surface area contributed by atoms with Crippen LogP contribution in [0.3, 0.4) is 0 Å². The fraction of sp³-hybridized carbons (Fsp3) is 0. The van der Waals surface area contributed by atoms with Crippen LogP contribution in [0.25, 0.3) is 21.6 Å². The van der Waals surface area contributed by atoms with Crippen molar-refractivity contribution in [1.82, 2.24) is 15.0 Å². The van der Waals surface area contributed by atoms with E-state index < -0.39 is 0 Å². The molecule has 1 aliphatic carbocycles. The van der Waals surface area contributed by atoms with Gasteiger partial charge in [-0.3, -0.25) is 15.0 Å². The molecular weight excluding hydrogens is 589 g/mol. The summed E-state index contributed by atoms with van der Waals surface area (Å²) in [6, 6.07) is 39.4. The second kappa shape index (κ2) is 13.0. The van der Waals surface area contributed by atoms with Gasteiger partial charge in [0, 0.05) is 37.2 Å². The molecule has 6 heteroatoms. The largest absolute Gasteiger partial charge is 0.265 e. The summed E-state index contributed by atoms with van der Waals surface area (Å²) in [4.78, 5) is 16.5. The van der Waals surface area contributed by atoms with Crippen molar-refractivity contribution < 1.29 is 0 Å². The lowest BCUT2D eigenvalue weighted by atomic mass is 9.94. The summed E-state index contributed by atoms with van der Waals surface area (Å²) in [6.45, 7) is 7.54. The van der Waals surface area contributed by atoms with E-state index in [0.717, 1.165) is 66.8 Å². The topological polar surface area (TPSA) is 90.6 Å². The lowest BCUT2D eigenvalue weighted by molar-refractivity contribution is 1.31. The van der Waals surface area contributed by atoms with Gasteiger partial charge in [-0.2, -0.15) is 10.5 Å². The third-order valence-electron chi connectivity index (χ3n) is 8.23. The van der Waals surface area contributed by atoms with E-state index >= 15 is 0 Å². The Kier molecular flexibility index (Phi) is 8.01. The summed E-state index contributed by atoms with van der Waals surface area (Å²) in [5, 5.41) is 19.2. The normalized spacial score (nSPS) is 14.9. The number of allylic oxidation sites excluding steroid dienone is 3. The Balaban J connectivity index is 1.67. The van der Waals surface area contributed by atoms with Crippen LogP contribution in [-0.2, 0) is 0 Å². The molecule has 0 bridgehead atoms. The summed E-state index contributed by atoms with van der Waals surface area (Å²) in [6.07, 6.45) is 10.7.